The minimum atomic E-state index is -0.384. The van der Waals surface area contributed by atoms with E-state index in [1.54, 1.807) is 41.2 Å². The molecule has 44 heavy (non-hydrogen) atoms. The molecule has 0 aliphatic carbocycles. The standard InChI is InChI=1S/C35H39FN4O4/c1-23-9-14-28(38-33(41)31-21-37-40(35(2,3)4)32(31)24-10-12-27(36)13-11-24)19-26(23)22-39-17-15-29(16-18-39)44-30-8-6-7-25(20-30)34(42)43-5/h6-14,19-21,29H,15-18,22H2,1-5H3,(H,38,41). The summed E-state index contributed by atoms with van der Waals surface area (Å²) >= 11 is 0. The summed E-state index contributed by atoms with van der Waals surface area (Å²) in [6.07, 6.45) is 3.37. The number of carbonyl (C=O) groups is 2. The van der Waals surface area contributed by atoms with Crippen molar-refractivity contribution >= 4 is 17.6 Å². The van der Waals surface area contributed by atoms with Crippen molar-refractivity contribution in [2.45, 2.75) is 58.7 Å². The molecule has 8 nitrogen and oxygen atoms in total. The number of aryl methyl sites for hydroxylation is 1. The molecule has 1 aromatic heterocycles. The van der Waals surface area contributed by atoms with Crippen molar-refractivity contribution < 1.29 is 23.5 Å². The lowest BCUT2D eigenvalue weighted by atomic mass is 10.0. The van der Waals surface area contributed by atoms with Crippen LogP contribution in [0.4, 0.5) is 10.1 Å². The number of amides is 1. The quantitative estimate of drug-likeness (QED) is 0.224. The van der Waals surface area contributed by atoms with Crippen molar-refractivity contribution in [1.82, 2.24) is 14.7 Å². The van der Waals surface area contributed by atoms with Gasteiger partial charge in [0.1, 0.15) is 17.7 Å². The maximum absolute atomic E-state index is 13.7. The number of aromatic nitrogens is 2. The van der Waals surface area contributed by atoms with Crippen LogP contribution in [0, 0.1) is 12.7 Å². The van der Waals surface area contributed by atoms with Crippen molar-refractivity contribution in [2.24, 2.45) is 0 Å². The summed E-state index contributed by atoms with van der Waals surface area (Å²) in [6.45, 7) is 10.6. The lowest BCUT2D eigenvalue weighted by molar-refractivity contribution is 0.0598. The molecule has 1 aliphatic rings. The van der Waals surface area contributed by atoms with Gasteiger partial charge in [0.05, 0.1) is 35.7 Å². The lowest BCUT2D eigenvalue weighted by Gasteiger charge is -2.32. The zero-order valence-electron chi connectivity index (χ0n) is 25.9. The molecule has 0 spiro atoms. The van der Waals surface area contributed by atoms with E-state index in [-0.39, 0.29) is 29.3 Å². The van der Waals surface area contributed by atoms with E-state index in [4.69, 9.17) is 9.47 Å². The smallest absolute Gasteiger partial charge is 0.337 e. The minimum absolute atomic E-state index is 0.0650. The number of nitrogens with zero attached hydrogens (tertiary/aromatic N) is 3. The first-order chi connectivity index (χ1) is 21.0. The molecular weight excluding hydrogens is 559 g/mol. The molecule has 3 aromatic carbocycles. The Labute approximate surface area is 257 Å². The van der Waals surface area contributed by atoms with Gasteiger partial charge in [-0.3, -0.25) is 14.4 Å². The lowest BCUT2D eigenvalue weighted by Crippen LogP contribution is -2.38. The molecule has 1 N–H and O–H groups in total. The predicted octanol–water partition coefficient (Wildman–Crippen LogP) is 6.83. The number of rotatable bonds is 8. The Morgan fingerprint density at radius 3 is 2.43 bits per heavy atom. The second-order valence-corrected chi connectivity index (χ2v) is 12.2. The van der Waals surface area contributed by atoms with Crippen LogP contribution in [-0.2, 0) is 16.8 Å². The third-order valence-electron chi connectivity index (χ3n) is 7.86. The maximum atomic E-state index is 13.7. The second kappa shape index (κ2) is 13.0. The van der Waals surface area contributed by atoms with Gasteiger partial charge in [0.15, 0.2) is 0 Å². The summed E-state index contributed by atoms with van der Waals surface area (Å²) < 4.78 is 26.5. The van der Waals surface area contributed by atoms with Gasteiger partial charge in [-0.05, 0) is 106 Å². The van der Waals surface area contributed by atoms with Gasteiger partial charge in [-0.15, -0.1) is 0 Å². The van der Waals surface area contributed by atoms with Gasteiger partial charge >= 0.3 is 5.97 Å². The molecular formula is C35H39FN4O4. The molecule has 0 saturated carbocycles. The summed E-state index contributed by atoms with van der Waals surface area (Å²) in [6, 6.07) is 19.2. The Balaban J connectivity index is 1.24. The molecule has 0 radical (unpaired) electrons. The van der Waals surface area contributed by atoms with Gasteiger partial charge in [-0.1, -0.05) is 12.1 Å². The van der Waals surface area contributed by atoms with E-state index >= 15 is 0 Å². The Kier molecular flexibility index (Phi) is 9.15. The van der Waals surface area contributed by atoms with Gasteiger partial charge in [-0.2, -0.15) is 5.10 Å². The molecule has 0 bridgehead atoms. The summed E-state index contributed by atoms with van der Waals surface area (Å²) in [5, 5.41) is 7.59. The molecule has 4 aromatic rings. The Bertz CT molecular complexity index is 1630. The van der Waals surface area contributed by atoms with Crippen LogP contribution in [0.1, 0.15) is 65.5 Å². The summed E-state index contributed by atoms with van der Waals surface area (Å²) in [4.78, 5) is 27.8. The molecule has 0 atom stereocenters. The topological polar surface area (TPSA) is 85.7 Å². The number of likely N-dealkylation sites (tertiary alicyclic amines) is 1. The van der Waals surface area contributed by atoms with E-state index < -0.39 is 0 Å². The highest BCUT2D eigenvalue weighted by Crippen LogP contribution is 2.30. The average molecular weight is 599 g/mol. The van der Waals surface area contributed by atoms with E-state index in [0.717, 1.165) is 49.2 Å². The number of benzene rings is 3. The molecule has 1 fully saturated rings. The van der Waals surface area contributed by atoms with Gasteiger partial charge in [-0.25, -0.2) is 9.18 Å². The van der Waals surface area contributed by atoms with Crippen LogP contribution in [0.15, 0.2) is 72.9 Å². The van der Waals surface area contributed by atoms with E-state index in [2.05, 4.69) is 22.2 Å². The molecule has 0 unspecified atom stereocenters. The first-order valence-corrected chi connectivity index (χ1v) is 14.8. The molecule has 1 saturated heterocycles. The summed E-state index contributed by atoms with van der Waals surface area (Å²) in [5.41, 5.74) is 4.86. The molecule has 230 valence electrons. The van der Waals surface area contributed by atoms with E-state index in [0.29, 0.717) is 28.3 Å². The van der Waals surface area contributed by atoms with Crippen molar-refractivity contribution in [3.63, 3.8) is 0 Å². The number of piperidine rings is 1. The number of ether oxygens (including phenoxy) is 2. The van der Waals surface area contributed by atoms with Gasteiger partial charge in [0, 0.05) is 30.9 Å². The average Bonchev–Trinajstić information content (AvgIpc) is 3.46. The predicted molar refractivity (Wildman–Crippen MR) is 168 cm³/mol. The monoisotopic (exact) mass is 598 g/mol. The number of methoxy groups -OCH3 is 1. The number of hydrogen-bond acceptors (Lipinski definition) is 6. The molecule has 5 rings (SSSR count). The van der Waals surface area contributed by atoms with Crippen LogP contribution >= 0.6 is 0 Å². The van der Waals surface area contributed by atoms with Crippen molar-refractivity contribution in [3.8, 4) is 17.0 Å². The first kappa shape index (κ1) is 30.9. The minimum Gasteiger partial charge on any atom is -0.490 e. The van der Waals surface area contributed by atoms with Crippen molar-refractivity contribution in [1.29, 1.82) is 0 Å². The maximum Gasteiger partial charge on any atom is 0.337 e. The van der Waals surface area contributed by atoms with E-state index in [1.807, 2.05) is 45.0 Å². The van der Waals surface area contributed by atoms with Crippen LogP contribution in [0.2, 0.25) is 0 Å². The summed E-state index contributed by atoms with van der Waals surface area (Å²) in [5.74, 6) is -0.326. The van der Waals surface area contributed by atoms with Crippen LogP contribution < -0.4 is 10.1 Å². The van der Waals surface area contributed by atoms with E-state index in [1.165, 1.54) is 19.2 Å². The number of anilines is 1. The normalized spacial score (nSPS) is 14.3. The van der Waals surface area contributed by atoms with Gasteiger partial charge in [0.25, 0.3) is 5.91 Å². The van der Waals surface area contributed by atoms with Crippen LogP contribution in [0.3, 0.4) is 0 Å². The number of nitrogens with one attached hydrogen (secondary N) is 1. The SMILES string of the molecule is COC(=O)c1cccc(OC2CCN(Cc3cc(NC(=O)c4cnn(C(C)(C)C)c4-c4ccc(F)cc4)ccc3C)CC2)c1. The third kappa shape index (κ3) is 7.17. The van der Waals surface area contributed by atoms with Crippen LogP contribution in [-0.4, -0.2) is 52.9 Å². The first-order valence-electron chi connectivity index (χ1n) is 14.8. The van der Waals surface area contributed by atoms with Gasteiger partial charge in [0.2, 0.25) is 0 Å². The number of carbonyl (C=O) groups excluding carboxylic acids is 2. The fraction of sp³-hybridized carbons (Fsp3) is 0.343. The largest absolute Gasteiger partial charge is 0.490 e. The number of halogens is 1. The highest BCUT2D eigenvalue weighted by Gasteiger charge is 2.26. The fourth-order valence-electron chi connectivity index (χ4n) is 5.46. The molecule has 2 heterocycles. The van der Waals surface area contributed by atoms with Crippen molar-refractivity contribution in [2.75, 3.05) is 25.5 Å². The fourth-order valence-corrected chi connectivity index (χ4v) is 5.46. The summed E-state index contributed by atoms with van der Waals surface area (Å²) in [7, 11) is 1.37. The van der Waals surface area contributed by atoms with Crippen molar-refractivity contribution in [3.05, 3.63) is 101 Å². The Morgan fingerprint density at radius 1 is 1.02 bits per heavy atom. The molecule has 1 aliphatic heterocycles. The van der Waals surface area contributed by atoms with E-state index in [9.17, 15) is 14.0 Å². The Hall–Kier alpha value is -4.50. The zero-order valence-corrected chi connectivity index (χ0v) is 25.9. The Morgan fingerprint density at radius 2 is 1.75 bits per heavy atom. The third-order valence-corrected chi connectivity index (χ3v) is 7.86. The number of esters is 1. The van der Waals surface area contributed by atoms with Gasteiger partial charge < -0.3 is 14.8 Å². The highest BCUT2D eigenvalue weighted by molar-refractivity contribution is 6.08. The van der Waals surface area contributed by atoms with Crippen LogP contribution in [0.25, 0.3) is 11.3 Å². The van der Waals surface area contributed by atoms with Crippen LogP contribution in [0.5, 0.6) is 5.75 Å². The zero-order chi connectivity index (χ0) is 31.4. The highest BCUT2D eigenvalue weighted by atomic mass is 19.1. The number of hydrogen-bond donors (Lipinski definition) is 1. The second-order valence-electron chi connectivity index (χ2n) is 12.2. The molecule has 1 amide bonds. The molecule has 9 heteroatoms.